The van der Waals surface area contributed by atoms with Crippen LogP contribution in [-0.2, 0) is 6.54 Å². The van der Waals surface area contributed by atoms with Crippen molar-refractivity contribution in [2.24, 2.45) is 5.73 Å². The molecular weight excluding hydrogens is 202 g/mol. The molecule has 0 aliphatic rings. The number of hydrogen-bond donors (Lipinski definition) is 2. The van der Waals surface area contributed by atoms with Gasteiger partial charge in [-0.25, -0.2) is 4.79 Å². The van der Waals surface area contributed by atoms with Gasteiger partial charge in [-0.05, 0) is 24.1 Å². The van der Waals surface area contributed by atoms with E-state index in [9.17, 15) is 4.79 Å². The summed E-state index contributed by atoms with van der Waals surface area (Å²) in [6, 6.07) is 7.48. The van der Waals surface area contributed by atoms with Gasteiger partial charge in [-0.3, -0.25) is 0 Å². The zero-order valence-corrected chi connectivity index (χ0v) is 9.86. The zero-order chi connectivity index (χ0) is 12.0. The molecule has 0 saturated carbocycles. The first-order valence-electron chi connectivity index (χ1n) is 5.48. The van der Waals surface area contributed by atoms with Crippen LogP contribution in [0, 0.1) is 0 Å². The Kier molecular flexibility index (Phi) is 4.79. The highest BCUT2D eigenvalue weighted by atomic mass is 16.2. The molecule has 4 heteroatoms. The summed E-state index contributed by atoms with van der Waals surface area (Å²) in [5, 5.41) is 2.83. The summed E-state index contributed by atoms with van der Waals surface area (Å²) in [7, 11) is 1.78. The average Bonchev–Trinajstić information content (AvgIpc) is 2.29. The number of urea groups is 1. The highest BCUT2D eigenvalue weighted by molar-refractivity contribution is 5.89. The number of rotatable bonds is 4. The van der Waals surface area contributed by atoms with Crippen LogP contribution in [-0.4, -0.2) is 24.5 Å². The van der Waals surface area contributed by atoms with E-state index in [2.05, 4.69) is 5.32 Å². The van der Waals surface area contributed by atoms with Crippen molar-refractivity contribution in [1.82, 2.24) is 4.90 Å². The molecule has 2 amide bonds. The van der Waals surface area contributed by atoms with E-state index in [1.165, 1.54) is 0 Å². The largest absolute Gasteiger partial charge is 0.328 e. The maximum absolute atomic E-state index is 11.7. The van der Waals surface area contributed by atoms with Gasteiger partial charge in [-0.1, -0.05) is 19.1 Å². The average molecular weight is 221 g/mol. The summed E-state index contributed by atoms with van der Waals surface area (Å²) in [6.07, 6.45) is 0.951. The van der Waals surface area contributed by atoms with Gasteiger partial charge in [0, 0.05) is 25.8 Å². The van der Waals surface area contributed by atoms with Crippen molar-refractivity contribution in [3.05, 3.63) is 29.8 Å². The van der Waals surface area contributed by atoms with Gasteiger partial charge in [0.2, 0.25) is 0 Å². The molecule has 1 rings (SSSR count). The number of hydrogen-bond acceptors (Lipinski definition) is 2. The standard InChI is InChI=1S/C12H19N3O/c1-3-7-15(2)12(16)14-11-6-4-5-10(8-11)9-13/h4-6,8H,3,7,9,13H2,1-2H3,(H,14,16). The Labute approximate surface area is 96.4 Å². The minimum atomic E-state index is -0.0870. The van der Waals surface area contributed by atoms with E-state index in [1.807, 2.05) is 31.2 Å². The molecule has 1 aromatic carbocycles. The highest BCUT2D eigenvalue weighted by Crippen LogP contribution is 2.10. The van der Waals surface area contributed by atoms with Crippen LogP contribution in [0.1, 0.15) is 18.9 Å². The van der Waals surface area contributed by atoms with Crippen LogP contribution < -0.4 is 11.1 Å². The van der Waals surface area contributed by atoms with Crippen LogP contribution in [0.5, 0.6) is 0 Å². The lowest BCUT2D eigenvalue weighted by Crippen LogP contribution is -2.31. The second-order valence-corrected chi connectivity index (χ2v) is 3.76. The van der Waals surface area contributed by atoms with Crippen molar-refractivity contribution in [1.29, 1.82) is 0 Å². The molecular formula is C12H19N3O. The Balaban J connectivity index is 2.61. The first-order chi connectivity index (χ1) is 7.67. The van der Waals surface area contributed by atoms with Crippen LogP contribution in [0.4, 0.5) is 10.5 Å². The molecule has 88 valence electrons. The molecule has 0 aromatic heterocycles. The maximum Gasteiger partial charge on any atom is 0.321 e. The van der Waals surface area contributed by atoms with E-state index in [4.69, 9.17) is 5.73 Å². The predicted octanol–water partition coefficient (Wildman–Crippen LogP) is 2.02. The lowest BCUT2D eigenvalue weighted by Gasteiger charge is -2.17. The van der Waals surface area contributed by atoms with Gasteiger partial charge in [0.05, 0.1) is 0 Å². The third kappa shape index (κ3) is 3.55. The third-order valence-corrected chi connectivity index (χ3v) is 2.32. The smallest absolute Gasteiger partial charge is 0.321 e. The summed E-state index contributed by atoms with van der Waals surface area (Å²) >= 11 is 0. The number of nitrogens with two attached hydrogens (primary N) is 1. The molecule has 1 aromatic rings. The number of amides is 2. The monoisotopic (exact) mass is 221 g/mol. The van der Waals surface area contributed by atoms with E-state index in [-0.39, 0.29) is 6.03 Å². The number of carbonyl (C=O) groups is 1. The van der Waals surface area contributed by atoms with E-state index in [1.54, 1.807) is 11.9 Å². The number of anilines is 1. The van der Waals surface area contributed by atoms with Gasteiger partial charge in [-0.15, -0.1) is 0 Å². The third-order valence-electron chi connectivity index (χ3n) is 2.32. The SMILES string of the molecule is CCCN(C)C(=O)Nc1cccc(CN)c1. The predicted molar refractivity (Wildman–Crippen MR) is 66.3 cm³/mol. The molecule has 4 nitrogen and oxygen atoms in total. The summed E-state index contributed by atoms with van der Waals surface area (Å²) in [5.41, 5.74) is 7.33. The fourth-order valence-corrected chi connectivity index (χ4v) is 1.43. The maximum atomic E-state index is 11.7. The van der Waals surface area contributed by atoms with E-state index in [0.29, 0.717) is 6.54 Å². The minimum absolute atomic E-state index is 0.0870. The van der Waals surface area contributed by atoms with Crippen LogP contribution in [0.3, 0.4) is 0 Å². The van der Waals surface area contributed by atoms with Crippen molar-refractivity contribution in [2.45, 2.75) is 19.9 Å². The van der Waals surface area contributed by atoms with Gasteiger partial charge >= 0.3 is 6.03 Å². The van der Waals surface area contributed by atoms with Crippen molar-refractivity contribution < 1.29 is 4.79 Å². The van der Waals surface area contributed by atoms with Crippen molar-refractivity contribution >= 4 is 11.7 Å². The van der Waals surface area contributed by atoms with Crippen LogP contribution in [0.15, 0.2) is 24.3 Å². The van der Waals surface area contributed by atoms with Gasteiger partial charge in [0.25, 0.3) is 0 Å². The van der Waals surface area contributed by atoms with Gasteiger partial charge < -0.3 is 16.0 Å². The molecule has 3 N–H and O–H groups in total. The highest BCUT2D eigenvalue weighted by Gasteiger charge is 2.07. The Bertz CT molecular complexity index is 352. The molecule has 0 radical (unpaired) electrons. The van der Waals surface area contributed by atoms with Crippen LogP contribution >= 0.6 is 0 Å². The van der Waals surface area contributed by atoms with Crippen molar-refractivity contribution in [2.75, 3.05) is 18.9 Å². The molecule has 16 heavy (non-hydrogen) atoms. The fourth-order valence-electron chi connectivity index (χ4n) is 1.43. The molecule has 0 aliphatic carbocycles. The summed E-state index contributed by atoms with van der Waals surface area (Å²) in [5.74, 6) is 0. The lowest BCUT2D eigenvalue weighted by atomic mass is 10.2. The van der Waals surface area contributed by atoms with E-state index >= 15 is 0 Å². The van der Waals surface area contributed by atoms with Crippen LogP contribution in [0.2, 0.25) is 0 Å². The normalized spacial score (nSPS) is 9.94. The van der Waals surface area contributed by atoms with E-state index in [0.717, 1.165) is 24.2 Å². The fraction of sp³-hybridized carbons (Fsp3) is 0.417. The quantitative estimate of drug-likeness (QED) is 0.817. The second-order valence-electron chi connectivity index (χ2n) is 3.76. The first kappa shape index (κ1) is 12.5. The molecule has 0 unspecified atom stereocenters. The van der Waals surface area contributed by atoms with E-state index < -0.39 is 0 Å². The number of nitrogens with one attached hydrogen (secondary N) is 1. The molecule has 0 heterocycles. The number of carbonyl (C=O) groups excluding carboxylic acids is 1. The topological polar surface area (TPSA) is 58.4 Å². The molecule has 0 saturated heterocycles. The number of benzene rings is 1. The Morgan fingerprint density at radius 1 is 1.50 bits per heavy atom. The Morgan fingerprint density at radius 3 is 2.88 bits per heavy atom. The first-order valence-corrected chi connectivity index (χ1v) is 5.48. The molecule has 0 spiro atoms. The summed E-state index contributed by atoms with van der Waals surface area (Å²) in [4.78, 5) is 13.3. The zero-order valence-electron chi connectivity index (χ0n) is 9.86. The van der Waals surface area contributed by atoms with Gasteiger partial charge in [0.15, 0.2) is 0 Å². The van der Waals surface area contributed by atoms with Crippen molar-refractivity contribution in [3.63, 3.8) is 0 Å². The molecule has 0 atom stereocenters. The summed E-state index contributed by atoms with van der Waals surface area (Å²) in [6.45, 7) is 3.27. The van der Waals surface area contributed by atoms with Crippen LogP contribution in [0.25, 0.3) is 0 Å². The summed E-state index contributed by atoms with van der Waals surface area (Å²) < 4.78 is 0. The van der Waals surface area contributed by atoms with Gasteiger partial charge in [-0.2, -0.15) is 0 Å². The van der Waals surface area contributed by atoms with Gasteiger partial charge in [0.1, 0.15) is 0 Å². The minimum Gasteiger partial charge on any atom is -0.328 e. The second kappa shape index (κ2) is 6.12. The molecule has 0 bridgehead atoms. The van der Waals surface area contributed by atoms with Crippen molar-refractivity contribution in [3.8, 4) is 0 Å². The Morgan fingerprint density at radius 2 is 2.25 bits per heavy atom. The Hall–Kier alpha value is -1.55. The molecule has 0 aliphatic heterocycles. The lowest BCUT2D eigenvalue weighted by molar-refractivity contribution is 0.222. The molecule has 0 fully saturated rings. The number of nitrogens with zero attached hydrogens (tertiary/aromatic N) is 1.